The monoisotopic (exact) mass is 452 g/mol. The molecule has 8 heteroatoms. The molecule has 0 atom stereocenters. The maximum atomic E-state index is 12.5. The summed E-state index contributed by atoms with van der Waals surface area (Å²) in [4.78, 5) is 26.6. The van der Waals surface area contributed by atoms with E-state index in [9.17, 15) is 9.59 Å². The first-order chi connectivity index (χ1) is 15.5. The molecule has 0 spiro atoms. The summed E-state index contributed by atoms with van der Waals surface area (Å²) < 4.78 is 16.3. The van der Waals surface area contributed by atoms with Gasteiger partial charge in [-0.05, 0) is 48.0 Å². The highest BCUT2D eigenvalue weighted by Crippen LogP contribution is 2.35. The number of benzene rings is 3. The van der Waals surface area contributed by atoms with E-state index in [1.165, 1.54) is 7.11 Å². The number of hydrogen-bond acceptors (Lipinski definition) is 5. The van der Waals surface area contributed by atoms with E-state index in [-0.39, 0.29) is 25.0 Å². The molecular formula is C24H21ClN2O5. The van der Waals surface area contributed by atoms with Crippen LogP contribution in [-0.2, 0) is 16.1 Å². The minimum atomic E-state index is -0.347. The zero-order chi connectivity index (χ0) is 22.5. The number of carbonyl (C=O) groups is 2. The van der Waals surface area contributed by atoms with Gasteiger partial charge in [-0.25, -0.2) is 0 Å². The maximum Gasteiger partial charge on any atom is 0.265 e. The van der Waals surface area contributed by atoms with Crippen LogP contribution in [0.4, 0.5) is 11.4 Å². The smallest absolute Gasteiger partial charge is 0.265 e. The second-order valence-corrected chi connectivity index (χ2v) is 7.51. The van der Waals surface area contributed by atoms with Gasteiger partial charge < -0.3 is 24.4 Å². The minimum Gasteiger partial charge on any atom is -0.493 e. The number of fused-ring (bicyclic) bond motifs is 1. The van der Waals surface area contributed by atoms with Gasteiger partial charge in [0.25, 0.3) is 11.8 Å². The van der Waals surface area contributed by atoms with Gasteiger partial charge in [-0.2, -0.15) is 0 Å². The zero-order valence-electron chi connectivity index (χ0n) is 17.3. The van der Waals surface area contributed by atoms with Crippen LogP contribution in [0.2, 0.25) is 5.02 Å². The molecule has 0 saturated carbocycles. The van der Waals surface area contributed by atoms with Gasteiger partial charge in [0.05, 0.1) is 19.3 Å². The number of methoxy groups -OCH3 is 1. The van der Waals surface area contributed by atoms with Crippen molar-refractivity contribution >= 4 is 34.8 Å². The molecule has 3 aromatic carbocycles. The summed E-state index contributed by atoms with van der Waals surface area (Å²) in [7, 11) is 1.54. The third-order valence-electron chi connectivity index (χ3n) is 4.84. The molecule has 0 bridgehead atoms. The van der Waals surface area contributed by atoms with Crippen molar-refractivity contribution < 1.29 is 23.8 Å². The first-order valence-corrected chi connectivity index (χ1v) is 10.3. The summed E-state index contributed by atoms with van der Waals surface area (Å²) in [5.74, 6) is 1.05. The Morgan fingerprint density at radius 2 is 1.91 bits per heavy atom. The number of nitrogens with one attached hydrogen (secondary N) is 1. The topological polar surface area (TPSA) is 77.1 Å². The molecule has 0 aromatic heterocycles. The largest absolute Gasteiger partial charge is 0.493 e. The normalized spacial score (nSPS) is 12.6. The molecule has 1 aliphatic heterocycles. The highest BCUT2D eigenvalue weighted by molar-refractivity contribution is 6.30. The van der Waals surface area contributed by atoms with Crippen LogP contribution < -0.4 is 24.4 Å². The predicted octanol–water partition coefficient (Wildman–Crippen LogP) is 4.29. The first kappa shape index (κ1) is 21.5. The van der Waals surface area contributed by atoms with E-state index in [4.69, 9.17) is 25.8 Å². The second-order valence-electron chi connectivity index (χ2n) is 7.07. The number of anilines is 2. The summed E-state index contributed by atoms with van der Waals surface area (Å²) in [6, 6.07) is 19.6. The Kier molecular flexibility index (Phi) is 6.47. The second kappa shape index (κ2) is 9.62. The molecule has 7 nitrogen and oxygen atoms in total. The number of halogens is 1. The summed E-state index contributed by atoms with van der Waals surface area (Å²) in [6.07, 6.45) is 0. The number of para-hydroxylation sites is 2. The van der Waals surface area contributed by atoms with Gasteiger partial charge in [0, 0.05) is 10.7 Å². The van der Waals surface area contributed by atoms with Crippen LogP contribution in [0.25, 0.3) is 0 Å². The molecular weight excluding hydrogens is 432 g/mol. The van der Waals surface area contributed by atoms with Crippen LogP contribution in [-0.4, -0.2) is 32.1 Å². The van der Waals surface area contributed by atoms with Crippen LogP contribution in [0.15, 0.2) is 66.7 Å². The maximum absolute atomic E-state index is 12.5. The van der Waals surface area contributed by atoms with Crippen molar-refractivity contribution in [1.82, 2.24) is 0 Å². The van der Waals surface area contributed by atoms with Crippen molar-refractivity contribution in [3.05, 3.63) is 77.3 Å². The Hall–Kier alpha value is -3.71. The molecule has 1 aliphatic rings. The average molecular weight is 453 g/mol. The lowest BCUT2D eigenvalue weighted by Gasteiger charge is -2.30. The van der Waals surface area contributed by atoms with Crippen molar-refractivity contribution in [3.8, 4) is 17.2 Å². The van der Waals surface area contributed by atoms with E-state index in [0.717, 1.165) is 5.56 Å². The van der Waals surface area contributed by atoms with Crippen LogP contribution >= 0.6 is 11.6 Å². The van der Waals surface area contributed by atoms with E-state index in [0.29, 0.717) is 40.2 Å². The highest BCUT2D eigenvalue weighted by atomic mass is 35.5. The van der Waals surface area contributed by atoms with Crippen molar-refractivity contribution in [1.29, 1.82) is 0 Å². The van der Waals surface area contributed by atoms with Crippen LogP contribution in [0.1, 0.15) is 5.56 Å². The van der Waals surface area contributed by atoms with Crippen LogP contribution in [0.5, 0.6) is 17.2 Å². The number of ether oxygens (including phenoxy) is 3. The molecule has 3 aromatic rings. The van der Waals surface area contributed by atoms with E-state index in [2.05, 4.69) is 5.32 Å². The van der Waals surface area contributed by atoms with Gasteiger partial charge >= 0.3 is 0 Å². The van der Waals surface area contributed by atoms with Gasteiger partial charge in [0.15, 0.2) is 24.7 Å². The van der Waals surface area contributed by atoms with E-state index < -0.39 is 0 Å². The Balaban J connectivity index is 1.47. The Morgan fingerprint density at radius 3 is 2.69 bits per heavy atom. The fourth-order valence-corrected chi connectivity index (χ4v) is 3.56. The van der Waals surface area contributed by atoms with E-state index >= 15 is 0 Å². The standard InChI is InChI=1S/C24H21ClN2O5/c1-30-21-7-2-3-8-22(21)31-14-23(28)26-18-9-10-20-19(12-18)27(24(29)15-32-20)13-16-5-4-6-17(25)11-16/h2-12H,13-15H2,1H3,(H,26,28). The molecule has 1 heterocycles. The molecule has 0 unspecified atom stereocenters. The molecule has 0 aliphatic carbocycles. The van der Waals surface area contributed by atoms with Gasteiger partial charge in [-0.3, -0.25) is 9.59 Å². The molecule has 0 saturated heterocycles. The number of nitrogens with zero attached hydrogens (tertiary/aromatic N) is 1. The highest BCUT2D eigenvalue weighted by Gasteiger charge is 2.26. The third kappa shape index (κ3) is 4.95. The van der Waals surface area contributed by atoms with Gasteiger partial charge in [0.2, 0.25) is 0 Å². The number of hydrogen-bond donors (Lipinski definition) is 1. The lowest BCUT2D eigenvalue weighted by atomic mass is 10.1. The predicted molar refractivity (Wildman–Crippen MR) is 122 cm³/mol. The summed E-state index contributed by atoms with van der Waals surface area (Å²) >= 11 is 6.08. The van der Waals surface area contributed by atoms with Crippen molar-refractivity contribution in [2.75, 3.05) is 30.5 Å². The lowest BCUT2D eigenvalue weighted by molar-refractivity contribution is -0.121. The summed E-state index contributed by atoms with van der Waals surface area (Å²) in [5.41, 5.74) is 1.98. The third-order valence-corrected chi connectivity index (χ3v) is 5.08. The average Bonchev–Trinajstić information content (AvgIpc) is 2.80. The summed E-state index contributed by atoms with van der Waals surface area (Å²) in [5, 5.41) is 3.39. The fourth-order valence-electron chi connectivity index (χ4n) is 3.35. The van der Waals surface area contributed by atoms with E-state index in [1.807, 2.05) is 24.3 Å². The van der Waals surface area contributed by atoms with Crippen molar-refractivity contribution in [2.45, 2.75) is 6.54 Å². The molecule has 1 N–H and O–H groups in total. The molecule has 164 valence electrons. The molecule has 32 heavy (non-hydrogen) atoms. The quantitative estimate of drug-likeness (QED) is 0.578. The van der Waals surface area contributed by atoms with Crippen molar-refractivity contribution in [3.63, 3.8) is 0 Å². The molecule has 2 amide bonds. The molecule has 0 radical (unpaired) electrons. The zero-order valence-corrected chi connectivity index (χ0v) is 18.1. The number of rotatable bonds is 7. The van der Waals surface area contributed by atoms with Gasteiger partial charge in [-0.15, -0.1) is 0 Å². The lowest BCUT2D eigenvalue weighted by Crippen LogP contribution is -2.38. The number of carbonyl (C=O) groups excluding carboxylic acids is 2. The van der Waals surface area contributed by atoms with Gasteiger partial charge in [0.1, 0.15) is 5.75 Å². The number of amides is 2. The van der Waals surface area contributed by atoms with Crippen molar-refractivity contribution in [2.24, 2.45) is 0 Å². The van der Waals surface area contributed by atoms with Crippen LogP contribution in [0, 0.1) is 0 Å². The SMILES string of the molecule is COc1ccccc1OCC(=O)Nc1ccc2c(c1)N(Cc1cccc(Cl)c1)C(=O)CO2. The van der Waals surface area contributed by atoms with E-state index in [1.54, 1.807) is 47.4 Å². The molecule has 0 fully saturated rings. The summed E-state index contributed by atoms with van der Waals surface area (Å²) in [6.45, 7) is 0.0925. The fraction of sp³-hybridized carbons (Fsp3) is 0.167. The Labute approximate surface area is 190 Å². The Morgan fingerprint density at radius 1 is 1.09 bits per heavy atom. The van der Waals surface area contributed by atoms with Gasteiger partial charge in [-0.1, -0.05) is 35.9 Å². The van der Waals surface area contributed by atoms with Crippen LogP contribution in [0.3, 0.4) is 0 Å². The molecule has 4 rings (SSSR count). The first-order valence-electron chi connectivity index (χ1n) is 9.91. The Bertz CT molecular complexity index is 1150. The minimum absolute atomic E-state index is 0.0496.